The summed E-state index contributed by atoms with van der Waals surface area (Å²) in [6.07, 6.45) is 0. The van der Waals surface area contributed by atoms with Gasteiger partial charge in [-0.1, -0.05) is 0 Å². The van der Waals surface area contributed by atoms with Crippen molar-refractivity contribution < 1.29 is 8.78 Å². The first kappa shape index (κ1) is 12.8. The van der Waals surface area contributed by atoms with Gasteiger partial charge in [-0.05, 0) is 19.1 Å². The lowest BCUT2D eigenvalue weighted by atomic mass is 10.2. The SMILES string of the molecule is Cc1cc(=O)c(CS)nn1-c1cc(F)ccc1F. The van der Waals surface area contributed by atoms with Gasteiger partial charge in [-0.2, -0.15) is 17.7 Å². The van der Waals surface area contributed by atoms with Crippen LogP contribution in [0.4, 0.5) is 8.78 Å². The highest BCUT2D eigenvalue weighted by Crippen LogP contribution is 2.15. The van der Waals surface area contributed by atoms with Gasteiger partial charge in [-0.25, -0.2) is 13.5 Å². The first-order valence-corrected chi connectivity index (χ1v) is 5.82. The maximum Gasteiger partial charge on any atom is 0.204 e. The molecule has 0 amide bonds. The third-order valence-electron chi connectivity index (χ3n) is 2.47. The van der Waals surface area contributed by atoms with Gasteiger partial charge in [0.15, 0.2) is 0 Å². The van der Waals surface area contributed by atoms with Crippen LogP contribution < -0.4 is 5.43 Å². The molecule has 0 N–H and O–H groups in total. The average molecular weight is 268 g/mol. The summed E-state index contributed by atoms with van der Waals surface area (Å²) >= 11 is 3.98. The summed E-state index contributed by atoms with van der Waals surface area (Å²) in [6.45, 7) is 1.60. The van der Waals surface area contributed by atoms with Gasteiger partial charge >= 0.3 is 0 Å². The Morgan fingerprint density at radius 1 is 1.33 bits per heavy atom. The van der Waals surface area contributed by atoms with E-state index in [1.54, 1.807) is 6.92 Å². The number of aryl methyl sites for hydroxylation is 1. The fraction of sp³-hybridized carbons (Fsp3) is 0.167. The summed E-state index contributed by atoms with van der Waals surface area (Å²) in [5.74, 6) is -1.05. The van der Waals surface area contributed by atoms with Crippen molar-refractivity contribution in [3.63, 3.8) is 0 Å². The largest absolute Gasteiger partial charge is 0.288 e. The molecule has 0 aliphatic carbocycles. The molecule has 0 bridgehead atoms. The van der Waals surface area contributed by atoms with Crippen molar-refractivity contribution in [3.05, 3.63) is 57.5 Å². The highest BCUT2D eigenvalue weighted by molar-refractivity contribution is 7.79. The third kappa shape index (κ3) is 2.28. The Kier molecular flexibility index (Phi) is 3.47. The van der Waals surface area contributed by atoms with E-state index in [-0.39, 0.29) is 22.6 Å². The maximum absolute atomic E-state index is 13.6. The number of hydrogen-bond donors (Lipinski definition) is 1. The average Bonchev–Trinajstić information content (AvgIpc) is 2.33. The standard InChI is InChI=1S/C12H10F2N2OS/c1-7-4-12(17)10(6-18)15-16(7)11-5-8(13)2-3-9(11)14/h2-5,18H,6H2,1H3. The lowest BCUT2D eigenvalue weighted by molar-refractivity contribution is 0.581. The Balaban J connectivity index is 2.70. The smallest absolute Gasteiger partial charge is 0.204 e. The molecule has 0 fully saturated rings. The Morgan fingerprint density at radius 2 is 2.06 bits per heavy atom. The Bertz CT molecular complexity index is 655. The Hall–Kier alpha value is -1.69. The molecule has 2 rings (SSSR count). The molecule has 0 unspecified atom stereocenters. The maximum atomic E-state index is 13.6. The van der Waals surface area contributed by atoms with Gasteiger partial charge in [0.1, 0.15) is 23.0 Å². The highest BCUT2D eigenvalue weighted by atomic mass is 32.1. The van der Waals surface area contributed by atoms with Crippen LogP contribution in [0.3, 0.4) is 0 Å². The Morgan fingerprint density at radius 3 is 2.72 bits per heavy atom. The van der Waals surface area contributed by atoms with Crippen LogP contribution in [0.25, 0.3) is 5.69 Å². The first-order valence-electron chi connectivity index (χ1n) is 5.19. The second kappa shape index (κ2) is 4.89. The molecular weight excluding hydrogens is 258 g/mol. The van der Waals surface area contributed by atoms with Crippen LogP contribution in [0.1, 0.15) is 11.4 Å². The molecule has 94 valence electrons. The van der Waals surface area contributed by atoms with E-state index in [0.29, 0.717) is 5.69 Å². The molecule has 1 aromatic heterocycles. The fourth-order valence-corrected chi connectivity index (χ4v) is 1.80. The highest BCUT2D eigenvalue weighted by Gasteiger charge is 2.11. The minimum atomic E-state index is -0.610. The van der Waals surface area contributed by atoms with Gasteiger partial charge < -0.3 is 0 Å². The molecule has 0 radical (unpaired) electrons. The number of thiol groups is 1. The quantitative estimate of drug-likeness (QED) is 0.848. The van der Waals surface area contributed by atoms with Crippen LogP contribution in [-0.2, 0) is 5.75 Å². The number of hydrogen-bond acceptors (Lipinski definition) is 3. The minimum absolute atomic E-state index is 0.0319. The summed E-state index contributed by atoms with van der Waals surface area (Å²) in [5, 5.41) is 3.98. The minimum Gasteiger partial charge on any atom is -0.288 e. The van der Waals surface area contributed by atoms with Gasteiger partial charge in [0, 0.05) is 23.6 Å². The third-order valence-corrected chi connectivity index (χ3v) is 2.76. The van der Waals surface area contributed by atoms with Gasteiger partial charge in [-0.3, -0.25) is 4.79 Å². The summed E-state index contributed by atoms with van der Waals surface area (Å²) in [5.41, 5.74) is 0.314. The van der Waals surface area contributed by atoms with Crippen LogP contribution in [0.2, 0.25) is 0 Å². The van der Waals surface area contributed by atoms with Crippen molar-refractivity contribution in [1.82, 2.24) is 9.78 Å². The molecule has 2 aromatic rings. The van der Waals surface area contributed by atoms with E-state index in [4.69, 9.17) is 0 Å². The van der Waals surface area contributed by atoms with Crippen molar-refractivity contribution in [3.8, 4) is 5.69 Å². The van der Waals surface area contributed by atoms with E-state index in [1.165, 1.54) is 10.7 Å². The molecule has 0 spiro atoms. The molecular formula is C12H10F2N2OS. The van der Waals surface area contributed by atoms with Gasteiger partial charge in [0.25, 0.3) is 0 Å². The molecule has 0 saturated carbocycles. The number of halogens is 2. The first-order chi connectivity index (χ1) is 8.52. The van der Waals surface area contributed by atoms with Crippen LogP contribution in [-0.4, -0.2) is 9.78 Å². The predicted octanol–water partition coefficient (Wildman–Crippen LogP) is 2.25. The molecule has 0 aliphatic heterocycles. The second-order valence-electron chi connectivity index (χ2n) is 3.76. The lowest BCUT2D eigenvalue weighted by Crippen LogP contribution is -2.18. The van der Waals surface area contributed by atoms with Crippen molar-refractivity contribution in [2.45, 2.75) is 12.7 Å². The second-order valence-corrected chi connectivity index (χ2v) is 4.08. The van der Waals surface area contributed by atoms with E-state index in [2.05, 4.69) is 17.7 Å². The van der Waals surface area contributed by atoms with E-state index < -0.39 is 11.6 Å². The van der Waals surface area contributed by atoms with E-state index in [1.807, 2.05) is 0 Å². The molecule has 1 heterocycles. The fourth-order valence-electron chi connectivity index (χ4n) is 1.58. The Labute approximate surface area is 107 Å². The molecule has 6 heteroatoms. The van der Waals surface area contributed by atoms with Crippen molar-refractivity contribution in [2.75, 3.05) is 0 Å². The zero-order valence-electron chi connectivity index (χ0n) is 9.52. The number of rotatable bonds is 2. The van der Waals surface area contributed by atoms with Crippen molar-refractivity contribution in [1.29, 1.82) is 0 Å². The summed E-state index contributed by atoms with van der Waals surface area (Å²) in [7, 11) is 0. The summed E-state index contributed by atoms with van der Waals surface area (Å²) in [6, 6.07) is 4.39. The van der Waals surface area contributed by atoms with Crippen molar-refractivity contribution in [2.24, 2.45) is 0 Å². The van der Waals surface area contributed by atoms with E-state index in [0.717, 1.165) is 18.2 Å². The molecule has 3 nitrogen and oxygen atoms in total. The monoisotopic (exact) mass is 268 g/mol. The number of benzene rings is 1. The summed E-state index contributed by atoms with van der Waals surface area (Å²) < 4.78 is 28.0. The molecule has 1 aromatic carbocycles. The van der Waals surface area contributed by atoms with Crippen molar-refractivity contribution >= 4 is 12.6 Å². The van der Waals surface area contributed by atoms with Gasteiger partial charge in [0.2, 0.25) is 5.43 Å². The lowest BCUT2D eigenvalue weighted by Gasteiger charge is -2.11. The van der Waals surface area contributed by atoms with Crippen LogP contribution in [0.5, 0.6) is 0 Å². The molecule has 18 heavy (non-hydrogen) atoms. The zero-order chi connectivity index (χ0) is 13.3. The molecule has 0 aliphatic rings. The normalized spacial score (nSPS) is 10.7. The number of nitrogens with zero attached hydrogens (tertiary/aromatic N) is 2. The van der Waals surface area contributed by atoms with E-state index in [9.17, 15) is 13.6 Å². The molecule has 0 atom stereocenters. The zero-order valence-corrected chi connectivity index (χ0v) is 10.4. The van der Waals surface area contributed by atoms with E-state index >= 15 is 0 Å². The summed E-state index contributed by atoms with van der Waals surface area (Å²) in [4.78, 5) is 11.5. The molecule has 0 saturated heterocycles. The number of aromatic nitrogens is 2. The van der Waals surface area contributed by atoms with Crippen LogP contribution in [0.15, 0.2) is 29.1 Å². The van der Waals surface area contributed by atoms with Gasteiger partial charge in [0.05, 0.1) is 0 Å². The van der Waals surface area contributed by atoms with Crippen LogP contribution >= 0.6 is 12.6 Å². The topological polar surface area (TPSA) is 34.9 Å². The predicted molar refractivity (Wildman–Crippen MR) is 67.2 cm³/mol. The van der Waals surface area contributed by atoms with Crippen LogP contribution in [0, 0.1) is 18.6 Å². The van der Waals surface area contributed by atoms with Gasteiger partial charge in [-0.15, -0.1) is 0 Å².